The lowest BCUT2D eigenvalue weighted by Gasteiger charge is -2.26. The van der Waals surface area contributed by atoms with Crippen molar-refractivity contribution in [2.75, 3.05) is 0 Å². The fourth-order valence-electron chi connectivity index (χ4n) is 7.60. The van der Waals surface area contributed by atoms with Gasteiger partial charge in [0, 0.05) is 27.3 Å². The predicted octanol–water partition coefficient (Wildman–Crippen LogP) is 10.7. The summed E-state index contributed by atoms with van der Waals surface area (Å²) >= 11 is 0. The first-order valence-electron chi connectivity index (χ1n) is 16.7. The number of para-hydroxylation sites is 5. The van der Waals surface area contributed by atoms with Gasteiger partial charge in [0.25, 0.3) is 0 Å². The molecule has 10 aromatic rings. The summed E-state index contributed by atoms with van der Waals surface area (Å²) in [6, 6.07) is 53.3. The van der Waals surface area contributed by atoms with Gasteiger partial charge in [0.15, 0.2) is 0 Å². The van der Waals surface area contributed by atoms with Gasteiger partial charge in [0.1, 0.15) is 11.3 Å². The number of rotatable bonds is 4. The van der Waals surface area contributed by atoms with Crippen LogP contribution in [-0.2, 0) is 5.41 Å². The quantitative estimate of drug-likeness (QED) is 0.182. The van der Waals surface area contributed by atoms with Gasteiger partial charge in [-0.1, -0.05) is 97.1 Å². The highest BCUT2D eigenvalue weighted by molar-refractivity contribution is 6.17. The number of nitrogens with zero attached hydrogens (tertiary/aromatic N) is 5. The Hall–Kier alpha value is -6.33. The minimum absolute atomic E-state index is 0.531. The number of benzene rings is 5. The highest BCUT2D eigenvalue weighted by Gasteiger charge is 2.30. The van der Waals surface area contributed by atoms with Gasteiger partial charge in [0.2, 0.25) is 0 Å². The van der Waals surface area contributed by atoms with Crippen molar-refractivity contribution in [2.45, 2.75) is 19.3 Å². The van der Waals surface area contributed by atoms with Crippen molar-refractivity contribution in [3.05, 3.63) is 163 Å². The van der Waals surface area contributed by atoms with Crippen LogP contribution in [0.4, 0.5) is 0 Å². The molecule has 5 heteroatoms. The van der Waals surface area contributed by atoms with Crippen LogP contribution < -0.4 is 0 Å². The molecule has 0 aliphatic rings. The first-order valence-corrected chi connectivity index (χ1v) is 16.7. The van der Waals surface area contributed by atoms with Crippen LogP contribution in [0, 0.1) is 0 Å². The lowest BCUT2D eigenvalue weighted by molar-refractivity contribution is 0.600. The third kappa shape index (κ3) is 4.02. The average molecular weight is 630 g/mol. The van der Waals surface area contributed by atoms with E-state index in [9.17, 15) is 0 Å². The Morgan fingerprint density at radius 1 is 0.490 bits per heavy atom. The highest BCUT2D eigenvalue weighted by atomic mass is 15.1. The minimum atomic E-state index is -0.531. The smallest absolute Gasteiger partial charge is 0.148 e. The van der Waals surface area contributed by atoms with E-state index in [2.05, 4.69) is 174 Å². The first-order chi connectivity index (χ1) is 24.1. The third-order valence-corrected chi connectivity index (χ3v) is 10.1. The van der Waals surface area contributed by atoms with Crippen molar-refractivity contribution >= 4 is 60.4 Å². The molecule has 0 amide bonds. The fourth-order valence-corrected chi connectivity index (χ4v) is 7.60. The van der Waals surface area contributed by atoms with Crippen molar-refractivity contribution in [1.82, 2.24) is 23.9 Å². The molecular formula is C44H31N5. The molecule has 0 saturated heterocycles. The number of aromatic nitrogens is 5. The maximum absolute atomic E-state index is 5.56. The van der Waals surface area contributed by atoms with Crippen LogP contribution in [0.25, 0.3) is 77.2 Å². The van der Waals surface area contributed by atoms with E-state index in [1.165, 1.54) is 5.39 Å². The van der Waals surface area contributed by atoms with Gasteiger partial charge in [-0.25, -0.2) is 9.97 Å². The summed E-state index contributed by atoms with van der Waals surface area (Å²) in [5, 5.41) is 4.47. The van der Waals surface area contributed by atoms with Crippen molar-refractivity contribution in [2.24, 2.45) is 0 Å². The molecule has 232 valence electrons. The number of fused-ring (bicyclic) bond motifs is 11. The van der Waals surface area contributed by atoms with E-state index in [1.54, 1.807) is 0 Å². The lowest BCUT2D eigenvalue weighted by atomic mass is 9.82. The molecule has 5 nitrogen and oxygen atoms in total. The van der Waals surface area contributed by atoms with Gasteiger partial charge in [0.05, 0.1) is 44.4 Å². The monoisotopic (exact) mass is 629 g/mol. The molecule has 0 aliphatic heterocycles. The Morgan fingerprint density at radius 2 is 1.14 bits per heavy atom. The van der Waals surface area contributed by atoms with Crippen molar-refractivity contribution in [3.8, 4) is 16.8 Å². The van der Waals surface area contributed by atoms with Crippen LogP contribution >= 0.6 is 0 Å². The molecule has 49 heavy (non-hydrogen) atoms. The van der Waals surface area contributed by atoms with E-state index in [-0.39, 0.29) is 0 Å². The second kappa shape index (κ2) is 10.3. The minimum Gasteiger partial charge on any atom is -0.294 e. The SMILES string of the molecule is CC(C)(c1cc(-c2ccccc2)c2c(n1)c1ccccc1n1c3ccccc3nc21)c1ccc2c3ccccc3n(-c3ccccc3)c2n1. The van der Waals surface area contributed by atoms with Crippen LogP contribution in [0.15, 0.2) is 152 Å². The highest BCUT2D eigenvalue weighted by Crippen LogP contribution is 2.41. The Morgan fingerprint density at radius 3 is 1.94 bits per heavy atom. The number of hydrogen-bond acceptors (Lipinski definition) is 3. The zero-order valence-electron chi connectivity index (χ0n) is 27.2. The molecule has 0 bridgehead atoms. The van der Waals surface area contributed by atoms with Crippen LogP contribution in [0.5, 0.6) is 0 Å². The van der Waals surface area contributed by atoms with Gasteiger partial charge < -0.3 is 0 Å². The molecule has 0 fully saturated rings. The zero-order chi connectivity index (χ0) is 32.7. The molecule has 5 aromatic carbocycles. The summed E-state index contributed by atoms with van der Waals surface area (Å²) in [6.45, 7) is 4.48. The second-order valence-electron chi connectivity index (χ2n) is 13.3. The Balaban J connectivity index is 1.29. The van der Waals surface area contributed by atoms with Gasteiger partial charge in [-0.2, -0.15) is 0 Å². The lowest BCUT2D eigenvalue weighted by Crippen LogP contribution is -2.22. The molecule has 0 N–H and O–H groups in total. The standard InChI is InChI=1S/C44H31N5/c1-44(2,38-26-25-31-30-19-9-12-22-35(30)48(42(31)47-38)29-17-7-4-8-18-29)39-27-33(28-15-5-3-6-16-28)40-41(46-39)32-20-10-13-23-36(32)49-37-24-14-11-21-34(37)45-43(40)49/h3-27H,1-2H3. The normalized spacial score (nSPS) is 12.3. The van der Waals surface area contributed by atoms with E-state index >= 15 is 0 Å². The summed E-state index contributed by atoms with van der Waals surface area (Å²) in [5.74, 6) is 0. The second-order valence-corrected chi connectivity index (χ2v) is 13.3. The van der Waals surface area contributed by atoms with Gasteiger partial charge in [-0.05, 0) is 79.6 Å². The number of imidazole rings is 1. The summed E-state index contributed by atoms with van der Waals surface area (Å²) < 4.78 is 4.57. The van der Waals surface area contributed by atoms with Crippen molar-refractivity contribution in [1.29, 1.82) is 0 Å². The molecule has 0 spiro atoms. The van der Waals surface area contributed by atoms with E-state index in [0.717, 1.165) is 83.2 Å². The first kappa shape index (κ1) is 27.8. The molecule has 0 aliphatic carbocycles. The fraction of sp³-hybridized carbons (Fsp3) is 0.0682. The van der Waals surface area contributed by atoms with Crippen molar-refractivity contribution < 1.29 is 0 Å². The summed E-state index contributed by atoms with van der Waals surface area (Å²) in [7, 11) is 0. The summed E-state index contributed by atoms with van der Waals surface area (Å²) in [5.41, 5.74) is 11.8. The number of pyridine rings is 3. The van der Waals surface area contributed by atoms with Gasteiger partial charge in [-0.3, -0.25) is 14.0 Å². The van der Waals surface area contributed by atoms with Crippen LogP contribution in [0.3, 0.4) is 0 Å². The summed E-state index contributed by atoms with van der Waals surface area (Å²) in [4.78, 5) is 16.3. The van der Waals surface area contributed by atoms with Gasteiger partial charge >= 0.3 is 0 Å². The Kier molecular flexibility index (Phi) is 5.85. The average Bonchev–Trinajstić information content (AvgIpc) is 3.71. The topological polar surface area (TPSA) is 48.0 Å². The van der Waals surface area contributed by atoms with Crippen LogP contribution in [-0.4, -0.2) is 23.9 Å². The number of hydrogen-bond donors (Lipinski definition) is 0. The predicted molar refractivity (Wildman–Crippen MR) is 202 cm³/mol. The van der Waals surface area contributed by atoms with Gasteiger partial charge in [-0.15, -0.1) is 0 Å². The van der Waals surface area contributed by atoms with E-state index in [0.29, 0.717) is 0 Å². The molecule has 5 aromatic heterocycles. The maximum Gasteiger partial charge on any atom is 0.148 e. The zero-order valence-corrected chi connectivity index (χ0v) is 27.2. The molecule has 0 saturated carbocycles. The molecule has 0 unspecified atom stereocenters. The third-order valence-electron chi connectivity index (χ3n) is 10.1. The van der Waals surface area contributed by atoms with Crippen LogP contribution in [0.1, 0.15) is 25.2 Å². The van der Waals surface area contributed by atoms with E-state index < -0.39 is 5.41 Å². The Bertz CT molecular complexity index is 2900. The molecular weight excluding hydrogens is 599 g/mol. The molecule has 0 atom stereocenters. The van der Waals surface area contributed by atoms with E-state index in [1.807, 2.05) is 0 Å². The Labute approximate surface area is 282 Å². The van der Waals surface area contributed by atoms with Crippen LogP contribution in [0.2, 0.25) is 0 Å². The largest absolute Gasteiger partial charge is 0.294 e. The molecule has 10 rings (SSSR count). The van der Waals surface area contributed by atoms with E-state index in [4.69, 9.17) is 15.0 Å². The molecule has 0 radical (unpaired) electrons. The van der Waals surface area contributed by atoms with Crippen molar-refractivity contribution in [3.63, 3.8) is 0 Å². The molecule has 5 heterocycles. The summed E-state index contributed by atoms with van der Waals surface area (Å²) in [6.07, 6.45) is 0. The maximum atomic E-state index is 5.56.